The number of halogens is 1. The number of pyridine rings is 1. The molecule has 0 atom stereocenters. The van der Waals surface area contributed by atoms with Crippen LogP contribution in [0.4, 0.5) is 5.69 Å². The minimum Gasteiger partial charge on any atom is -0.397 e. The minimum atomic E-state index is 0. The Balaban J connectivity index is 0.00000289. The fourth-order valence-corrected chi connectivity index (χ4v) is 1.71. The van der Waals surface area contributed by atoms with E-state index in [-0.39, 0.29) is 18.3 Å². The highest BCUT2D eigenvalue weighted by molar-refractivity contribution is 5.85. The molecule has 18 heavy (non-hydrogen) atoms. The maximum absolute atomic E-state index is 12.0. The second-order valence-corrected chi connectivity index (χ2v) is 4.14. The van der Waals surface area contributed by atoms with Crippen LogP contribution in [0, 0.1) is 0 Å². The van der Waals surface area contributed by atoms with E-state index in [0.29, 0.717) is 12.1 Å². The van der Waals surface area contributed by atoms with Crippen LogP contribution in [0.2, 0.25) is 0 Å². The number of amides is 1. The second-order valence-electron chi connectivity index (χ2n) is 4.14. The lowest BCUT2D eigenvalue weighted by Gasteiger charge is -2.21. The van der Waals surface area contributed by atoms with E-state index in [4.69, 9.17) is 5.73 Å². The Morgan fingerprint density at radius 1 is 1.28 bits per heavy atom. The third-order valence-electron chi connectivity index (χ3n) is 2.52. The Bertz CT molecular complexity index is 348. The van der Waals surface area contributed by atoms with E-state index in [1.165, 1.54) is 0 Å². The fourth-order valence-electron chi connectivity index (χ4n) is 1.71. The van der Waals surface area contributed by atoms with Crippen molar-refractivity contribution in [1.29, 1.82) is 0 Å². The van der Waals surface area contributed by atoms with Gasteiger partial charge in [-0.3, -0.25) is 9.78 Å². The largest absolute Gasteiger partial charge is 0.397 e. The summed E-state index contributed by atoms with van der Waals surface area (Å²) in [5.41, 5.74) is 6.96. The summed E-state index contributed by atoms with van der Waals surface area (Å²) in [6.45, 7) is 5.80. The van der Waals surface area contributed by atoms with Crippen LogP contribution in [0.25, 0.3) is 0 Å². The highest BCUT2D eigenvalue weighted by Gasteiger charge is 2.12. The van der Waals surface area contributed by atoms with E-state index in [9.17, 15) is 4.79 Å². The predicted octanol–water partition coefficient (Wildman–Crippen LogP) is 2.28. The summed E-state index contributed by atoms with van der Waals surface area (Å²) in [5, 5.41) is 0. The van der Waals surface area contributed by atoms with Crippen molar-refractivity contribution in [3.8, 4) is 0 Å². The average Bonchev–Trinajstić information content (AvgIpc) is 2.32. The first kappa shape index (κ1) is 16.7. The Kier molecular flexibility index (Phi) is 8.12. The molecule has 1 rings (SSSR count). The molecule has 102 valence electrons. The van der Waals surface area contributed by atoms with Gasteiger partial charge in [-0.1, -0.05) is 13.8 Å². The SMILES string of the molecule is CCCN(CCC)C(=O)Cc1ccc(N)cn1.Cl. The van der Waals surface area contributed by atoms with E-state index >= 15 is 0 Å². The van der Waals surface area contributed by atoms with Crippen molar-refractivity contribution in [1.82, 2.24) is 9.88 Å². The van der Waals surface area contributed by atoms with Gasteiger partial charge < -0.3 is 10.6 Å². The highest BCUT2D eigenvalue weighted by Crippen LogP contribution is 2.05. The van der Waals surface area contributed by atoms with Crippen LogP contribution in [-0.4, -0.2) is 28.9 Å². The van der Waals surface area contributed by atoms with Crippen LogP contribution >= 0.6 is 12.4 Å². The molecule has 1 amide bonds. The van der Waals surface area contributed by atoms with Gasteiger partial charge in [0.05, 0.1) is 18.3 Å². The highest BCUT2D eigenvalue weighted by atomic mass is 35.5. The Morgan fingerprint density at radius 3 is 2.33 bits per heavy atom. The van der Waals surface area contributed by atoms with Gasteiger partial charge >= 0.3 is 0 Å². The third kappa shape index (κ3) is 5.36. The summed E-state index contributed by atoms with van der Waals surface area (Å²) in [6.07, 6.45) is 3.93. The maximum Gasteiger partial charge on any atom is 0.228 e. The summed E-state index contributed by atoms with van der Waals surface area (Å²) >= 11 is 0. The van der Waals surface area contributed by atoms with Crippen LogP contribution in [0.3, 0.4) is 0 Å². The maximum atomic E-state index is 12.0. The molecule has 0 aliphatic carbocycles. The monoisotopic (exact) mass is 271 g/mol. The van der Waals surface area contributed by atoms with Crippen molar-refractivity contribution in [2.75, 3.05) is 18.8 Å². The number of nitrogens with two attached hydrogens (primary N) is 1. The zero-order valence-corrected chi connectivity index (χ0v) is 11.9. The first-order valence-corrected chi connectivity index (χ1v) is 6.15. The lowest BCUT2D eigenvalue weighted by Crippen LogP contribution is -2.33. The van der Waals surface area contributed by atoms with E-state index < -0.39 is 0 Å². The van der Waals surface area contributed by atoms with Gasteiger partial charge in [0.15, 0.2) is 0 Å². The van der Waals surface area contributed by atoms with Gasteiger partial charge in [-0.25, -0.2) is 0 Å². The minimum absolute atomic E-state index is 0. The van der Waals surface area contributed by atoms with Gasteiger partial charge in [-0.15, -0.1) is 12.4 Å². The Morgan fingerprint density at radius 2 is 1.89 bits per heavy atom. The topological polar surface area (TPSA) is 59.2 Å². The Labute approximate surface area is 115 Å². The molecular formula is C13H22ClN3O. The lowest BCUT2D eigenvalue weighted by molar-refractivity contribution is -0.130. The van der Waals surface area contributed by atoms with Crippen molar-refractivity contribution >= 4 is 24.0 Å². The molecule has 1 aromatic rings. The van der Waals surface area contributed by atoms with Crippen molar-refractivity contribution in [3.05, 3.63) is 24.0 Å². The summed E-state index contributed by atoms with van der Waals surface area (Å²) < 4.78 is 0. The van der Waals surface area contributed by atoms with Crippen LogP contribution < -0.4 is 5.73 Å². The van der Waals surface area contributed by atoms with Crippen LogP contribution in [0.15, 0.2) is 18.3 Å². The number of nitrogens with zero attached hydrogens (tertiary/aromatic N) is 2. The van der Waals surface area contributed by atoms with E-state index in [2.05, 4.69) is 18.8 Å². The lowest BCUT2D eigenvalue weighted by atomic mass is 10.2. The first-order chi connectivity index (χ1) is 8.17. The van der Waals surface area contributed by atoms with Crippen LogP contribution in [0.1, 0.15) is 32.4 Å². The van der Waals surface area contributed by atoms with Crippen molar-refractivity contribution in [2.45, 2.75) is 33.1 Å². The van der Waals surface area contributed by atoms with Crippen molar-refractivity contribution in [3.63, 3.8) is 0 Å². The molecule has 0 spiro atoms. The molecule has 5 heteroatoms. The van der Waals surface area contributed by atoms with Crippen LogP contribution in [0.5, 0.6) is 0 Å². The molecular weight excluding hydrogens is 250 g/mol. The van der Waals surface area contributed by atoms with Gasteiger partial charge in [-0.05, 0) is 25.0 Å². The summed E-state index contributed by atoms with van der Waals surface area (Å²) in [6, 6.07) is 3.59. The van der Waals surface area contributed by atoms with Gasteiger partial charge in [0.2, 0.25) is 5.91 Å². The number of rotatable bonds is 6. The molecule has 1 aromatic heterocycles. The zero-order valence-electron chi connectivity index (χ0n) is 11.1. The smallest absolute Gasteiger partial charge is 0.228 e. The fraction of sp³-hybridized carbons (Fsp3) is 0.538. The molecule has 2 N–H and O–H groups in total. The average molecular weight is 272 g/mol. The van der Waals surface area contributed by atoms with E-state index in [0.717, 1.165) is 31.6 Å². The number of aromatic nitrogens is 1. The molecule has 0 aromatic carbocycles. The predicted molar refractivity (Wildman–Crippen MR) is 76.8 cm³/mol. The molecule has 0 fully saturated rings. The molecule has 0 aliphatic rings. The first-order valence-electron chi connectivity index (χ1n) is 6.15. The zero-order chi connectivity index (χ0) is 12.7. The third-order valence-corrected chi connectivity index (χ3v) is 2.52. The Hall–Kier alpha value is -1.29. The van der Waals surface area contributed by atoms with E-state index in [1.54, 1.807) is 12.3 Å². The standard InChI is InChI=1S/C13H21N3O.ClH/c1-3-7-16(8-4-2)13(17)9-12-6-5-11(14)10-15-12;/h5-6,10H,3-4,7-9,14H2,1-2H3;1H. The number of hydrogen-bond acceptors (Lipinski definition) is 3. The molecule has 0 unspecified atom stereocenters. The van der Waals surface area contributed by atoms with E-state index in [1.807, 2.05) is 11.0 Å². The molecule has 1 heterocycles. The number of anilines is 1. The molecule has 0 bridgehead atoms. The van der Waals surface area contributed by atoms with Gasteiger partial charge in [-0.2, -0.15) is 0 Å². The molecule has 0 saturated heterocycles. The number of carbonyl (C=O) groups excluding carboxylic acids is 1. The molecule has 4 nitrogen and oxygen atoms in total. The summed E-state index contributed by atoms with van der Waals surface area (Å²) in [7, 11) is 0. The molecule has 0 aliphatic heterocycles. The van der Waals surface area contributed by atoms with Crippen molar-refractivity contribution < 1.29 is 4.79 Å². The summed E-state index contributed by atoms with van der Waals surface area (Å²) in [5.74, 6) is 0.144. The molecule has 0 radical (unpaired) electrons. The molecule has 0 saturated carbocycles. The van der Waals surface area contributed by atoms with Crippen LogP contribution in [-0.2, 0) is 11.2 Å². The normalized spacial score (nSPS) is 9.67. The van der Waals surface area contributed by atoms with Gasteiger partial charge in [0.25, 0.3) is 0 Å². The summed E-state index contributed by atoms with van der Waals surface area (Å²) in [4.78, 5) is 18.1. The number of nitrogen functional groups attached to an aromatic ring is 1. The quantitative estimate of drug-likeness (QED) is 0.863. The number of carbonyl (C=O) groups is 1. The van der Waals surface area contributed by atoms with Gasteiger partial charge in [0, 0.05) is 18.8 Å². The van der Waals surface area contributed by atoms with Gasteiger partial charge in [0.1, 0.15) is 0 Å². The number of hydrogen-bond donors (Lipinski definition) is 1. The van der Waals surface area contributed by atoms with Crippen molar-refractivity contribution in [2.24, 2.45) is 0 Å². The second kappa shape index (κ2) is 8.75.